The molecule has 2 amide bonds. The summed E-state index contributed by atoms with van der Waals surface area (Å²) >= 11 is 2.81. The zero-order valence-corrected chi connectivity index (χ0v) is 23.9. The maximum atomic E-state index is 13.7. The van der Waals surface area contributed by atoms with Crippen LogP contribution in [0.5, 0.6) is 0 Å². The number of carbonyl (C=O) groups excluding carboxylic acids is 2. The Bertz CT molecular complexity index is 1710. The van der Waals surface area contributed by atoms with Crippen LogP contribution < -0.4 is 5.32 Å². The Morgan fingerprint density at radius 3 is 2.38 bits per heavy atom. The van der Waals surface area contributed by atoms with Crippen molar-refractivity contribution in [1.82, 2.24) is 25.1 Å². The Labute approximate surface area is 249 Å². The minimum absolute atomic E-state index is 0.0558. The molecule has 1 aliphatic heterocycles. The van der Waals surface area contributed by atoms with Crippen LogP contribution in [-0.2, 0) is 11.3 Å². The molecule has 0 aliphatic carbocycles. The second-order valence-electron chi connectivity index (χ2n) is 9.44. The monoisotopic (exact) mass is 596 g/mol. The molecule has 0 saturated heterocycles. The molecule has 0 spiro atoms. The number of nitrogens with zero attached hydrogens (tertiary/aromatic N) is 5. The highest BCUT2D eigenvalue weighted by Crippen LogP contribution is 2.35. The van der Waals surface area contributed by atoms with Crippen LogP contribution in [0, 0.1) is 5.82 Å². The van der Waals surface area contributed by atoms with Crippen LogP contribution in [-0.4, -0.2) is 43.1 Å². The molecule has 3 heterocycles. The summed E-state index contributed by atoms with van der Waals surface area (Å²) in [4.78, 5) is 27.3. The fourth-order valence-corrected chi connectivity index (χ4v) is 6.21. The number of aromatic nitrogens is 3. The minimum atomic E-state index is -0.341. The van der Waals surface area contributed by atoms with Crippen molar-refractivity contribution in [2.45, 2.75) is 24.2 Å². The number of hydrazone groups is 1. The lowest BCUT2D eigenvalue weighted by Crippen LogP contribution is -2.28. The number of hydrogen-bond acceptors (Lipinski definition) is 7. The van der Waals surface area contributed by atoms with Crippen molar-refractivity contribution in [1.29, 1.82) is 0 Å². The lowest BCUT2D eigenvalue weighted by Gasteiger charge is -2.22. The quantitative estimate of drug-likeness (QED) is 0.215. The van der Waals surface area contributed by atoms with Gasteiger partial charge in [0, 0.05) is 17.7 Å². The number of rotatable bonds is 9. The fraction of sp³-hybridized carbons (Fsp3) is 0.129. The lowest BCUT2D eigenvalue weighted by molar-refractivity contribution is -0.130. The van der Waals surface area contributed by atoms with Crippen LogP contribution in [0.1, 0.15) is 39.1 Å². The van der Waals surface area contributed by atoms with Crippen LogP contribution >= 0.6 is 23.1 Å². The van der Waals surface area contributed by atoms with Crippen LogP contribution in [0.25, 0.3) is 5.69 Å². The molecule has 0 unspecified atom stereocenters. The molecule has 11 heteroatoms. The first-order valence-corrected chi connectivity index (χ1v) is 15.1. The average Bonchev–Trinajstić information content (AvgIpc) is 3.80. The topological polar surface area (TPSA) is 92.5 Å². The van der Waals surface area contributed by atoms with E-state index in [1.165, 1.54) is 28.9 Å². The number of carbonyl (C=O) groups is 2. The van der Waals surface area contributed by atoms with E-state index >= 15 is 0 Å². The van der Waals surface area contributed by atoms with Gasteiger partial charge in [-0.3, -0.25) is 14.2 Å². The molecule has 5 aromatic rings. The van der Waals surface area contributed by atoms with Crippen LogP contribution in [0.4, 0.5) is 4.39 Å². The van der Waals surface area contributed by atoms with Crippen LogP contribution in [0.15, 0.2) is 113 Å². The predicted octanol–water partition coefficient (Wildman–Crippen LogP) is 5.87. The van der Waals surface area contributed by atoms with E-state index < -0.39 is 0 Å². The van der Waals surface area contributed by atoms with Gasteiger partial charge < -0.3 is 5.32 Å². The zero-order valence-electron chi connectivity index (χ0n) is 22.3. The summed E-state index contributed by atoms with van der Waals surface area (Å²) in [5, 5.41) is 20.3. The molecular formula is C31H25FN6O2S2. The number of nitrogens with one attached hydrogen (secondary N) is 1. The van der Waals surface area contributed by atoms with Crippen molar-refractivity contribution < 1.29 is 14.0 Å². The highest BCUT2D eigenvalue weighted by atomic mass is 32.2. The zero-order chi connectivity index (χ0) is 28.9. The van der Waals surface area contributed by atoms with E-state index in [0.717, 1.165) is 21.8 Å². The molecule has 0 bridgehead atoms. The first kappa shape index (κ1) is 27.6. The second kappa shape index (κ2) is 12.5. The van der Waals surface area contributed by atoms with Crippen molar-refractivity contribution in [3.8, 4) is 5.69 Å². The maximum Gasteiger partial charge on any atom is 0.253 e. The Morgan fingerprint density at radius 1 is 0.929 bits per heavy atom. The molecule has 0 fully saturated rings. The van der Waals surface area contributed by atoms with E-state index in [1.54, 1.807) is 35.6 Å². The van der Waals surface area contributed by atoms with E-state index in [2.05, 4.69) is 15.5 Å². The number of hydrogen-bond donors (Lipinski definition) is 1. The molecule has 0 radical (unpaired) electrons. The molecule has 3 aromatic carbocycles. The molecule has 2 aromatic heterocycles. The summed E-state index contributed by atoms with van der Waals surface area (Å²) < 4.78 is 15.5. The number of thiophene rings is 1. The normalized spacial score (nSPS) is 14.5. The number of halogens is 1. The Hall–Kier alpha value is -4.61. The molecular weight excluding hydrogens is 572 g/mol. The Morgan fingerprint density at radius 2 is 1.67 bits per heavy atom. The van der Waals surface area contributed by atoms with Gasteiger partial charge in [-0.1, -0.05) is 66.4 Å². The fourth-order valence-electron chi connectivity index (χ4n) is 4.66. The van der Waals surface area contributed by atoms with E-state index in [9.17, 15) is 14.0 Å². The van der Waals surface area contributed by atoms with E-state index in [0.29, 0.717) is 23.0 Å². The van der Waals surface area contributed by atoms with Gasteiger partial charge in [-0.25, -0.2) is 9.40 Å². The SMILES string of the molecule is O=C(NCc1nnc(SCC(=O)N2N=C(c3cccs3)C[C@@H]2c2ccc(F)cc2)n1-c1ccccc1)c1ccccc1. The van der Waals surface area contributed by atoms with Crippen molar-refractivity contribution in [2.24, 2.45) is 5.10 Å². The van der Waals surface area contributed by atoms with Crippen molar-refractivity contribution >= 4 is 40.6 Å². The van der Waals surface area contributed by atoms with Gasteiger partial charge in [-0.05, 0) is 53.4 Å². The molecule has 0 saturated carbocycles. The summed E-state index contributed by atoms with van der Waals surface area (Å²) in [6.45, 7) is 0.150. The molecule has 1 N–H and O–H groups in total. The molecule has 6 rings (SSSR count). The van der Waals surface area contributed by atoms with Crippen LogP contribution in [0.2, 0.25) is 0 Å². The predicted molar refractivity (Wildman–Crippen MR) is 161 cm³/mol. The minimum Gasteiger partial charge on any atom is -0.345 e. The Balaban J connectivity index is 1.22. The third kappa shape index (κ3) is 6.02. The summed E-state index contributed by atoms with van der Waals surface area (Å²) in [5.74, 6) is -0.171. The van der Waals surface area contributed by atoms with Crippen molar-refractivity contribution in [2.75, 3.05) is 5.75 Å². The largest absolute Gasteiger partial charge is 0.345 e. The number of amides is 2. The third-order valence-electron chi connectivity index (χ3n) is 6.71. The average molecular weight is 597 g/mol. The van der Waals surface area contributed by atoms with Gasteiger partial charge in [0.2, 0.25) is 0 Å². The van der Waals surface area contributed by atoms with Gasteiger partial charge in [0.15, 0.2) is 11.0 Å². The lowest BCUT2D eigenvalue weighted by atomic mass is 10.0. The molecule has 1 atom stereocenters. The summed E-state index contributed by atoms with van der Waals surface area (Å²) in [6.07, 6.45) is 0.536. The third-order valence-corrected chi connectivity index (χ3v) is 8.54. The van der Waals surface area contributed by atoms with E-state index in [4.69, 9.17) is 5.10 Å². The number of thioether (sulfide) groups is 1. The maximum absolute atomic E-state index is 13.7. The van der Waals surface area contributed by atoms with Gasteiger partial charge in [0.25, 0.3) is 11.8 Å². The summed E-state index contributed by atoms with van der Waals surface area (Å²) in [5.41, 5.74) is 2.99. The van der Waals surface area contributed by atoms with E-state index in [1.807, 2.05) is 70.6 Å². The molecule has 8 nitrogen and oxygen atoms in total. The highest BCUT2D eigenvalue weighted by molar-refractivity contribution is 7.99. The van der Waals surface area contributed by atoms with Gasteiger partial charge in [-0.15, -0.1) is 21.5 Å². The van der Waals surface area contributed by atoms with Gasteiger partial charge in [0.05, 0.1) is 28.9 Å². The number of para-hydroxylation sites is 1. The van der Waals surface area contributed by atoms with Gasteiger partial charge in [0.1, 0.15) is 5.82 Å². The number of benzene rings is 3. The molecule has 210 valence electrons. The molecule has 1 aliphatic rings. The van der Waals surface area contributed by atoms with E-state index in [-0.39, 0.29) is 36.0 Å². The summed E-state index contributed by atoms with van der Waals surface area (Å²) in [6, 6.07) is 28.3. The van der Waals surface area contributed by atoms with Gasteiger partial charge >= 0.3 is 0 Å². The van der Waals surface area contributed by atoms with Gasteiger partial charge in [-0.2, -0.15) is 5.10 Å². The smallest absolute Gasteiger partial charge is 0.253 e. The van der Waals surface area contributed by atoms with Crippen molar-refractivity contribution in [3.63, 3.8) is 0 Å². The summed E-state index contributed by atoms with van der Waals surface area (Å²) in [7, 11) is 0. The molecule has 42 heavy (non-hydrogen) atoms. The first-order chi connectivity index (χ1) is 20.6. The Kier molecular flexibility index (Phi) is 8.20. The van der Waals surface area contributed by atoms with Crippen LogP contribution in [0.3, 0.4) is 0 Å². The first-order valence-electron chi connectivity index (χ1n) is 13.2. The standard InChI is InChI=1S/C31H25FN6O2S2/c32-23-15-13-21(14-16-23)26-18-25(27-12-7-17-41-27)36-38(26)29(39)20-42-31-35-34-28(37(31)24-10-5-2-6-11-24)19-33-30(40)22-8-3-1-4-9-22/h1-17,26H,18-20H2,(H,33,40)/t26-/m1/s1. The highest BCUT2D eigenvalue weighted by Gasteiger charge is 2.33. The second-order valence-corrected chi connectivity index (χ2v) is 11.3. The van der Waals surface area contributed by atoms with Crippen molar-refractivity contribution in [3.05, 3.63) is 130 Å².